The quantitative estimate of drug-likeness (QED) is 0.0515. The summed E-state index contributed by atoms with van der Waals surface area (Å²) in [6, 6.07) is -2.35. The van der Waals surface area contributed by atoms with Gasteiger partial charge in [-0.3, -0.25) is 37.8 Å². The number of phosphoric ester groups is 2. The summed E-state index contributed by atoms with van der Waals surface area (Å²) < 4.78 is 94.5. The average molecular weight is 1370 g/mol. The summed E-state index contributed by atoms with van der Waals surface area (Å²) in [4.78, 5) is 115. The molecule has 2 aromatic rings. The second-order valence-electron chi connectivity index (χ2n) is 15.9. The largest absolute Gasteiger partial charge is 0.779 e. The van der Waals surface area contributed by atoms with Crippen LogP contribution in [0.3, 0.4) is 0 Å². The van der Waals surface area contributed by atoms with Crippen LogP contribution in [0, 0.1) is 5.92 Å². The maximum atomic E-state index is 12.4. The number of rotatable bonds is 21. The van der Waals surface area contributed by atoms with Crippen LogP contribution in [-0.2, 0) is 125 Å². The van der Waals surface area contributed by atoms with Crippen molar-refractivity contribution in [2.24, 2.45) is 5.92 Å². The van der Waals surface area contributed by atoms with Crippen molar-refractivity contribution in [3.05, 3.63) is 63.0 Å². The summed E-state index contributed by atoms with van der Waals surface area (Å²) in [5.74, 6) is -0.371. The molecule has 0 aromatic carbocycles. The number of nitrogens with one attached hydrogen (secondary N) is 2. The van der Waals surface area contributed by atoms with Crippen LogP contribution in [0.2, 0.25) is 0 Å². The van der Waals surface area contributed by atoms with E-state index in [0.29, 0.717) is 12.8 Å². The van der Waals surface area contributed by atoms with Gasteiger partial charge in [0, 0.05) is 116 Å². The minimum atomic E-state index is -4.97. The molecule has 29 nitrogen and oxygen atoms in total. The number of phosphoric acid groups is 2. The molecule has 0 spiro atoms. The Morgan fingerprint density at radius 2 is 1.13 bits per heavy atom. The Morgan fingerprint density at radius 3 is 1.58 bits per heavy atom. The molecule has 0 amide bonds. The normalized spacial score (nSPS) is 31.7. The van der Waals surface area contributed by atoms with Gasteiger partial charge in [0.2, 0.25) is 0 Å². The Morgan fingerprint density at radius 1 is 0.690 bits per heavy atom. The van der Waals surface area contributed by atoms with E-state index in [1.807, 2.05) is 0 Å². The minimum absolute atomic E-state index is 0. The number of aliphatic hydroxyl groups is 2. The molecule has 6 rings (SSSR count). The summed E-state index contributed by atoms with van der Waals surface area (Å²) in [5, 5.41) is 20.4. The molecule has 39 heteroatoms. The third kappa shape index (κ3) is 20.6. The zero-order chi connectivity index (χ0) is 51.2. The van der Waals surface area contributed by atoms with Crippen molar-refractivity contribution in [3.63, 3.8) is 0 Å². The van der Waals surface area contributed by atoms with Crippen molar-refractivity contribution in [2.75, 3.05) is 45.7 Å². The number of hydrogen-bond acceptors (Lipinski definition) is 23. The molecule has 0 saturated carbocycles. The van der Waals surface area contributed by atoms with Gasteiger partial charge in [0.25, 0.3) is 26.8 Å². The van der Waals surface area contributed by atoms with Crippen LogP contribution in [0.4, 0.5) is 0 Å². The van der Waals surface area contributed by atoms with E-state index in [2.05, 4.69) is 50.9 Å². The number of methoxy groups -OCH3 is 1. The first kappa shape index (κ1) is 66.2. The zero-order valence-corrected chi connectivity index (χ0v) is 49.7. The average Bonchev–Trinajstić information content (AvgIpc) is 4.04. The number of hydrogen-bond donors (Lipinski definition) is 6. The Bertz CT molecular complexity index is 2520. The third-order valence-electron chi connectivity index (χ3n) is 10.9. The molecule has 2 aromatic heterocycles. The molecule has 6 heterocycles. The van der Waals surface area contributed by atoms with Gasteiger partial charge in [-0.2, -0.15) is 0 Å². The molecule has 0 aliphatic carbocycles. The van der Waals surface area contributed by atoms with Gasteiger partial charge >= 0.3 is 11.4 Å². The van der Waals surface area contributed by atoms with Crippen LogP contribution >= 0.6 is 62.7 Å². The third-order valence-corrected chi connectivity index (χ3v) is 15.4. The first-order valence-corrected chi connectivity index (χ1v) is 28.5. The van der Waals surface area contributed by atoms with Crippen LogP contribution in [0.15, 0.2) is 40.5 Å². The van der Waals surface area contributed by atoms with E-state index in [1.54, 1.807) is 6.92 Å². The Kier molecular flexibility index (Phi) is 26.7. The van der Waals surface area contributed by atoms with Gasteiger partial charge in [-0.1, -0.05) is 6.92 Å². The van der Waals surface area contributed by atoms with Gasteiger partial charge in [0.15, 0.2) is 14.6 Å². The molecule has 4 fully saturated rings. The number of halogens is 2. The first-order chi connectivity index (χ1) is 32.0. The predicted octanol–water partition coefficient (Wildman–Crippen LogP) is -3.81. The Labute approximate surface area is 471 Å². The monoisotopic (exact) mass is 1370 g/mol. The molecule has 0 bridgehead atoms. The fourth-order valence-corrected chi connectivity index (χ4v) is 10.7. The molecule has 394 valence electrons. The van der Waals surface area contributed by atoms with Gasteiger partial charge in [-0.05, 0) is 56.8 Å². The molecule has 4 aliphatic heterocycles. The van der Waals surface area contributed by atoms with Crippen LogP contribution < -0.4 is 42.1 Å². The van der Waals surface area contributed by atoms with E-state index < -0.39 is 152 Å². The van der Waals surface area contributed by atoms with Gasteiger partial charge in [-0.25, -0.2) is 9.59 Å². The number of H-pyrrole nitrogens is 2. The summed E-state index contributed by atoms with van der Waals surface area (Å²) in [6.45, 7) is -0.174. The summed E-state index contributed by atoms with van der Waals surface area (Å²) in [6.07, 6.45) is -5.12. The van der Waals surface area contributed by atoms with Crippen LogP contribution in [-0.4, -0.2) is 154 Å². The Balaban J connectivity index is 0.000000366. The van der Waals surface area contributed by atoms with Crippen LogP contribution in [0.25, 0.3) is 0 Å². The number of aromatic amines is 2. The number of aliphatic hydroxyl groups excluding tert-OH is 2. The zero-order valence-electron chi connectivity index (χ0n) is 37.3. The fourth-order valence-electron chi connectivity index (χ4n) is 7.45. The van der Waals surface area contributed by atoms with E-state index in [-0.39, 0.29) is 99.7 Å². The van der Waals surface area contributed by atoms with Crippen molar-refractivity contribution < 1.29 is 165 Å². The van der Waals surface area contributed by atoms with Crippen molar-refractivity contribution in [2.45, 2.75) is 99.8 Å². The summed E-state index contributed by atoms with van der Waals surface area (Å²) >= 11 is 6.00. The topological polar surface area (TPSA) is 434 Å². The van der Waals surface area contributed by atoms with Crippen molar-refractivity contribution in [1.82, 2.24) is 19.1 Å². The first-order valence-electron chi connectivity index (χ1n) is 20.5. The second-order valence-corrected chi connectivity index (χ2v) is 23.7. The molecule has 16 unspecified atom stereocenters. The molecule has 4 aliphatic rings. The van der Waals surface area contributed by atoms with Gasteiger partial charge < -0.3 is 90.5 Å². The molecule has 4 saturated heterocycles. The van der Waals surface area contributed by atoms with Gasteiger partial charge in [0.1, 0.15) is 46.0 Å². The van der Waals surface area contributed by atoms with Crippen molar-refractivity contribution in [3.8, 4) is 0 Å². The Hall–Kier alpha value is 0.898. The van der Waals surface area contributed by atoms with Crippen LogP contribution in [0.5, 0.6) is 0 Å². The van der Waals surface area contributed by atoms with Gasteiger partial charge in [0.05, 0.1) is 59.8 Å². The molecular weight excluding hydrogens is 1320 g/mol. The molecule has 6 N–H and O–H groups in total. The number of aromatic nitrogens is 4. The van der Waals surface area contributed by atoms with Gasteiger partial charge in [-0.15, -0.1) is 0 Å². The summed E-state index contributed by atoms with van der Waals surface area (Å²) in [7, 11) is -14.6. The van der Waals surface area contributed by atoms with E-state index in [1.165, 1.54) is 34.1 Å². The molecule has 71 heavy (non-hydrogen) atoms. The van der Waals surface area contributed by atoms with E-state index in [4.69, 9.17) is 42.5 Å². The van der Waals surface area contributed by atoms with E-state index in [0.717, 1.165) is 9.13 Å². The molecule has 16 atom stereocenters. The number of nitrogens with zero attached hydrogens (tertiary/aromatic N) is 2. The number of ether oxygens (including phenoxy) is 5. The smallest absolute Gasteiger partial charge is 0.330 e. The maximum absolute atomic E-state index is 12.4. The predicted molar refractivity (Wildman–Crippen MR) is 234 cm³/mol. The fraction of sp³-hybridized carbons (Fsp3) is 0.750. The second kappa shape index (κ2) is 28.7. The van der Waals surface area contributed by atoms with E-state index in [9.17, 15) is 67.2 Å². The molecular formula is C32H46B2Br2N4O25P4Y2-4. The maximum Gasteiger partial charge on any atom is 0.330 e. The SMILES string of the molecule is COC1C(COP(=O)([O-])O)OC([B]CP(=O)([O-])OCC2OC(n3cc(Br)c(=O)[nH]c3=O)CC2O)C1C.O=c1[nH]c(=O)n(C2CC(O)C(COP(=O)([O-])C[B]C3CCC(COP(=O)([O-])O)O3)O2)cc1Br.[Y].[Y]. The van der Waals surface area contributed by atoms with Crippen molar-refractivity contribution in [1.29, 1.82) is 0 Å². The minimum Gasteiger partial charge on any atom is -0.779 e. The summed E-state index contributed by atoms with van der Waals surface area (Å²) in [5.41, 5.74) is -2.76. The van der Waals surface area contributed by atoms with E-state index >= 15 is 0 Å². The van der Waals surface area contributed by atoms with Crippen LogP contribution in [0.1, 0.15) is 45.1 Å². The standard InChI is InChI=1S/C17H27BBrN2O13P2.C15H23BBrN2O12P2.2Y/c1-8-14(30-2)12(6-32-36(27,28)29)34-15(8)18-7-35(25,26)31-5-11-10(22)3-13(33-11)21-4-9(19)16(23)20-17(21)24;17-9-4-19(15(22)18-14(9)21)13-3-10(20)11(31-13)6-28-32(23,24)7-16-12-2-1-8(30-12)5-29-33(25,26)27;;/h4,8,10-15,22H,3,5-7H2,1-2H3,(H,25,26)(H,20,23,24)(H2,27,28,29);4,8,10-13,20H,1-3,5-7H2,(H,23,24)(H,18,21,22)(H2,25,26,27);;/p-4. The van der Waals surface area contributed by atoms with Crippen molar-refractivity contribution >= 4 is 77.3 Å². The molecule has 4 radical (unpaired) electrons.